The molecule has 2 aromatic carbocycles. The topological polar surface area (TPSA) is 67.4 Å². The summed E-state index contributed by atoms with van der Waals surface area (Å²) in [5.41, 5.74) is 1.25. The van der Waals surface area contributed by atoms with Crippen molar-refractivity contribution in [3.63, 3.8) is 0 Å². The van der Waals surface area contributed by atoms with Crippen molar-refractivity contribution in [1.29, 1.82) is 0 Å². The fourth-order valence-electron chi connectivity index (χ4n) is 2.83. The Kier molecular flexibility index (Phi) is 6.13. The Morgan fingerprint density at radius 1 is 1.19 bits per heavy atom. The van der Waals surface area contributed by atoms with E-state index < -0.39 is 24.0 Å². The molecule has 0 spiro atoms. The second-order valence-electron chi connectivity index (χ2n) is 5.86. The molecule has 2 N–H and O–H groups in total. The Morgan fingerprint density at radius 3 is 2.56 bits per heavy atom. The lowest BCUT2D eigenvalue weighted by molar-refractivity contribution is -0.147. The van der Waals surface area contributed by atoms with Crippen LogP contribution in [0.5, 0.6) is 0 Å². The van der Waals surface area contributed by atoms with E-state index in [-0.39, 0.29) is 12.4 Å². The van der Waals surface area contributed by atoms with E-state index in [4.69, 9.17) is 4.74 Å². The molecule has 2 amide bonds. The molecular formula is C20H19FN2O3S. The van der Waals surface area contributed by atoms with Crippen molar-refractivity contribution in [2.45, 2.75) is 17.9 Å². The molecule has 1 saturated heterocycles. The Bertz CT molecular complexity index is 840. The highest BCUT2D eigenvalue weighted by Gasteiger charge is 2.39. The summed E-state index contributed by atoms with van der Waals surface area (Å²) in [6, 6.07) is 14.3. The number of urea groups is 1. The predicted octanol–water partition coefficient (Wildman–Crippen LogP) is 3.99. The van der Waals surface area contributed by atoms with Crippen LogP contribution in [0.25, 0.3) is 0 Å². The van der Waals surface area contributed by atoms with Crippen molar-refractivity contribution in [3.8, 4) is 0 Å². The van der Waals surface area contributed by atoms with E-state index >= 15 is 0 Å². The molecular weight excluding hydrogens is 367 g/mol. The van der Waals surface area contributed by atoms with E-state index in [1.165, 1.54) is 23.9 Å². The first-order valence-corrected chi connectivity index (χ1v) is 9.38. The number of ether oxygens (including phenoxy) is 1. The number of benzene rings is 2. The van der Waals surface area contributed by atoms with Crippen LogP contribution in [0.15, 0.2) is 70.6 Å². The van der Waals surface area contributed by atoms with E-state index in [2.05, 4.69) is 10.6 Å². The molecule has 1 aliphatic heterocycles. The van der Waals surface area contributed by atoms with Crippen molar-refractivity contribution in [1.82, 2.24) is 10.6 Å². The van der Waals surface area contributed by atoms with Gasteiger partial charge in [0.2, 0.25) is 0 Å². The third-order valence-corrected chi connectivity index (χ3v) is 4.96. The molecule has 0 aliphatic carbocycles. The lowest BCUT2D eigenvalue weighted by Gasteiger charge is -2.33. The zero-order valence-electron chi connectivity index (χ0n) is 14.6. The zero-order chi connectivity index (χ0) is 19.2. The van der Waals surface area contributed by atoms with Gasteiger partial charge < -0.3 is 15.4 Å². The molecule has 1 heterocycles. The third-order valence-electron chi connectivity index (χ3n) is 4.05. The lowest BCUT2D eigenvalue weighted by Crippen LogP contribution is -2.51. The van der Waals surface area contributed by atoms with Crippen LogP contribution in [0.2, 0.25) is 0 Å². The van der Waals surface area contributed by atoms with Gasteiger partial charge in [0, 0.05) is 10.6 Å². The van der Waals surface area contributed by atoms with E-state index in [9.17, 15) is 14.0 Å². The molecule has 0 aromatic heterocycles. The van der Waals surface area contributed by atoms with Crippen molar-refractivity contribution < 1.29 is 18.7 Å². The molecule has 0 bridgehead atoms. The van der Waals surface area contributed by atoms with Gasteiger partial charge in [-0.05, 0) is 42.2 Å². The van der Waals surface area contributed by atoms with Crippen LogP contribution in [0, 0.1) is 11.7 Å². The first-order valence-electron chi connectivity index (χ1n) is 8.50. The number of esters is 1. The average Bonchev–Trinajstić information content (AvgIpc) is 2.68. The zero-order valence-corrected chi connectivity index (χ0v) is 15.5. The number of hydrogen-bond donors (Lipinski definition) is 2. The number of nitrogens with one attached hydrogen (secondary N) is 2. The summed E-state index contributed by atoms with van der Waals surface area (Å²) >= 11 is 1.30. The Labute approximate surface area is 161 Å². The summed E-state index contributed by atoms with van der Waals surface area (Å²) in [7, 11) is 0. The highest BCUT2D eigenvalue weighted by Crippen LogP contribution is 2.33. The smallest absolute Gasteiger partial charge is 0.319 e. The average molecular weight is 386 g/mol. The Morgan fingerprint density at radius 2 is 1.89 bits per heavy atom. The maximum Gasteiger partial charge on any atom is 0.319 e. The molecule has 5 nitrogen and oxygen atoms in total. The number of thioether (sulfide) groups is 1. The third kappa shape index (κ3) is 4.68. The van der Waals surface area contributed by atoms with Crippen LogP contribution in [-0.4, -0.2) is 18.6 Å². The van der Waals surface area contributed by atoms with E-state index in [1.54, 1.807) is 24.5 Å². The largest absolute Gasteiger partial charge is 0.465 e. The minimum absolute atomic E-state index is 0.239. The lowest BCUT2D eigenvalue weighted by atomic mass is 9.89. The fraction of sp³-hybridized carbons (Fsp3) is 0.200. The van der Waals surface area contributed by atoms with Crippen LogP contribution < -0.4 is 10.6 Å². The van der Waals surface area contributed by atoms with Gasteiger partial charge in [-0.15, -0.1) is 0 Å². The molecule has 1 aliphatic rings. The van der Waals surface area contributed by atoms with Crippen LogP contribution in [-0.2, 0) is 9.53 Å². The van der Waals surface area contributed by atoms with Crippen LogP contribution >= 0.6 is 11.8 Å². The number of hydrogen-bond acceptors (Lipinski definition) is 4. The molecule has 1 fully saturated rings. The molecule has 0 unspecified atom stereocenters. The Balaban J connectivity index is 1.93. The van der Waals surface area contributed by atoms with E-state index in [0.29, 0.717) is 5.70 Å². The van der Waals surface area contributed by atoms with Crippen molar-refractivity contribution in [2.75, 3.05) is 6.61 Å². The molecule has 2 aromatic rings. The van der Waals surface area contributed by atoms with Gasteiger partial charge in [0.05, 0.1) is 12.6 Å². The van der Waals surface area contributed by atoms with Gasteiger partial charge in [-0.3, -0.25) is 4.79 Å². The highest BCUT2D eigenvalue weighted by molar-refractivity contribution is 8.02. The molecule has 3 rings (SSSR count). The molecule has 140 valence electrons. The summed E-state index contributed by atoms with van der Waals surface area (Å²) in [6.45, 7) is 1.98. The van der Waals surface area contributed by atoms with Gasteiger partial charge in [0.25, 0.3) is 0 Å². The number of carbonyl (C=O) groups is 2. The predicted molar refractivity (Wildman–Crippen MR) is 101 cm³/mol. The van der Waals surface area contributed by atoms with Gasteiger partial charge in [-0.25, -0.2) is 9.18 Å². The fourth-order valence-corrected chi connectivity index (χ4v) is 3.59. The molecule has 0 radical (unpaired) electrons. The van der Waals surface area contributed by atoms with E-state index in [1.807, 2.05) is 30.3 Å². The minimum Gasteiger partial charge on any atom is -0.465 e. The van der Waals surface area contributed by atoms with Crippen molar-refractivity contribution >= 4 is 23.8 Å². The summed E-state index contributed by atoms with van der Waals surface area (Å²) < 4.78 is 18.3. The molecule has 27 heavy (non-hydrogen) atoms. The van der Waals surface area contributed by atoms with Crippen LogP contribution in [0.1, 0.15) is 18.5 Å². The standard InChI is InChI=1S/C20H19FN2O3S/c1-2-26-19(24)17-16(12-27-15-10-8-14(21)9-11-15)22-20(25)23-18(17)13-6-4-3-5-7-13/h3-12,17-18H,2H2,1H3,(H2,22,23,25)/b16-12+/t17-,18-/m0/s1. The number of amides is 2. The number of rotatable bonds is 5. The summed E-state index contributed by atoms with van der Waals surface area (Å²) in [5, 5.41) is 7.21. The summed E-state index contributed by atoms with van der Waals surface area (Å²) in [4.78, 5) is 25.6. The monoisotopic (exact) mass is 386 g/mol. The molecule has 0 saturated carbocycles. The SMILES string of the molecule is CCOC(=O)[C@H]1/C(=C\Sc2ccc(F)cc2)NC(=O)N[C@H]1c1ccccc1. The van der Waals surface area contributed by atoms with Gasteiger partial charge >= 0.3 is 12.0 Å². The summed E-state index contributed by atoms with van der Waals surface area (Å²) in [5.74, 6) is -1.46. The van der Waals surface area contributed by atoms with Gasteiger partial charge in [0.15, 0.2) is 0 Å². The molecule has 7 heteroatoms. The highest BCUT2D eigenvalue weighted by atomic mass is 32.2. The first kappa shape index (κ1) is 19.0. The first-order chi connectivity index (χ1) is 13.1. The Hall–Kier alpha value is -2.80. The van der Waals surface area contributed by atoms with Crippen molar-refractivity contribution in [3.05, 3.63) is 77.1 Å². The van der Waals surface area contributed by atoms with E-state index in [0.717, 1.165) is 10.5 Å². The minimum atomic E-state index is -0.710. The normalized spacial score (nSPS) is 20.7. The van der Waals surface area contributed by atoms with Crippen LogP contribution in [0.3, 0.4) is 0 Å². The quantitative estimate of drug-likeness (QED) is 0.602. The maximum absolute atomic E-state index is 13.1. The number of carbonyl (C=O) groups excluding carboxylic acids is 2. The second-order valence-corrected chi connectivity index (χ2v) is 6.80. The summed E-state index contributed by atoms with van der Waals surface area (Å²) in [6.07, 6.45) is 0. The number of halogens is 1. The maximum atomic E-state index is 13.1. The second kappa shape index (κ2) is 8.73. The van der Waals surface area contributed by atoms with Gasteiger partial charge in [-0.1, -0.05) is 42.1 Å². The van der Waals surface area contributed by atoms with Gasteiger partial charge in [0.1, 0.15) is 11.7 Å². The molecule has 2 atom stereocenters. The van der Waals surface area contributed by atoms with Gasteiger partial charge in [-0.2, -0.15) is 0 Å². The van der Waals surface area contributed by atoms with Crippen molar-refractivity contribution in [2.24, 2.45) is 5.92 Å². The van der Waals surface area contributed by atoms with Crippen LogP contribution in [0.4, 0.5) is 9.18 Å².